The minimum Gasteiger partial charge on any atom is -0.445 e. The molecule has 1 aliphatic carbocycles. The van der Waals surface area contributed by atoms with E-state index in [9.17, 15) is 4.79 Å². The predicted octanol–water partition coefficient (Wildman–Crippen LogP) is 5.17. The summed E-state index contributed by atoms with van der Waals surface area (Å²) >= 11 is 0. The maximum Gasteiger partial charge on any atom is 0.410 e. The van der Waals surface area contributed by atoms with E-state index >= 15 is 0 Å². The van der Waals surface area contributed by atoms with Gasteiger partial charge in [-0.1, -0.05) is 60.7 Å². The van der Waals surface area contributed by atoms with Crippen molar-refractivity contribution in [2.75, 3.05) is 7.11 Å². The van der Waals surface area contributed by atoms with E-state index in [1.165, 1.54) is 0 Å². The first kappa shape index (κ1) is 19.4. The van der Waals surface area contributed by atoms with Crippen molar-refractivity contribution >= 4 is 6.09 Å². The lowest BCUT2D eigenvalue weighted by molar-refractivity contribution is -0.00920. The Balaban J connectivity index is 1.73. The first-order valence-electron chi connectivity index (χ1n) is 9.66. The number of carbonyl (C=O) groups is 1. The fourth-order valence-corrected chi connectivity index (χ4v) is 3.76. The van der Waals surface area contributed by atoms with E-state index in [0.29, 0.717) is 13.2 Å². The number of methoxy groups -OCH3 is 1. The molecule has 1 aliphatic rings. The van der Waals surface area contributed by atoms with Gasteiger partial charge in [0.1, 0.15) is 6.61 Å². The van der Waals surface area contributed by atoms with Gasteiger partial charge < -0.3 is 9.47 Å². The van der Waals surface area contributed by atoms with Gasteiger partial charge in [-0.2, -0.15) is 0 Å². The number of carbonyl (C=O) groups excluding carboxylic acids is 1. The maximum atomic E-state index is 13.0. The highest BCUT2D eigenvalue weighted by molar-refractivity contribution is 5.69. The Hall–Kier alpha value is -2.33. The molecule has 0 saturated heterocycles. The van der Waals surface area contributed by atoms with Crippen LogP contribution >= 0.6 is 0 Å². The van der Waals surface area contributed by atoms with Crippen molar-refractivity contribution in [2.45, 2.75) is 57.4 Å². The number of ether oxygens (including phenoxy) is 2. The Morgan fingerprint density at radius 1 is 1.00 bits per heavy atom. The molecule has 4 heteroatoms. The molecule has 0 aromatic heterocycles. The quantitative estimate of drug-likeness (QED) is 0.707. The summed E-state index contributed by atoms with van der Waals surface area (Å²) < 4.78 is 11.2. The third-order valence-corrected chi connectivity index (χ3v) is 5.60. The molecule has 0 heterocycles. The summed E-state index contributed by atoms with van der Waals surface area (Å²) in [6.07, 6.45) is 3.80. The number of nitrogens with zero attached hydrogens (tertiary/aromatic N) is 1. The summed E-state index contributed by atoms with van der Waals surface area (Å²) in [5.41, 5.74) is 1.89. The van der Waals surface area contributed by atoms with E-state index in [1.54, 1.807) is 7.11 Å². The fourth-order valence-electron chi connectivity index (χ4n) is 3.76. The molecule has 0 N–H and O–H groups in total. The zero-order valence-electron chi connectivity index (χ0n) is 16.3. The summed E-state index contributed by atoms with van der Waals surface area (Å²) in [6, 6.07) is 19.9. The van der Waals surface area contributed by atoms with Crippen LogP contribution in [0.4, 0.5) is 4.79 Å². The second kappa shape index (κ2) is 9.05. The Morgan fingerprint density at radius 2 is 1.56 bits per heavy atom. The molecule has 1 fully saturated rings. The minimum atomic E-state index is -0.249. The van der Waals surface area contributed by atoms with E-state index in [1.807, 2.05) is 53.4 Å². The molecular formula is C23H29NO3. The van der Waals surface area contributed by atoms with Gasteiger partial charge in [0.25, 0.3) is 0 Å². The van der Waals surface area contributed by atoms with Gasteiger partial charge in [0, 0.05) is 19.2 Å². The summed E-state index contributed by atoms with van der Waals surface area (Å²) in [4.78, 5) is 15.0. The van der Waals surface area contributed by atoms with E-state index in [0.717, 1.165) is 36.8 Å². The van der Waals surface area contributed by atoms with Gasteiger partial charge in [0.05, 0.1) is 6.10 Å². The monoisotopic (exact) mass is 367 g/mol. The molecule has 1 saturated carbocycles. The number of amides is 1. The van der Waals surface area contributed by atoms with Crippen LogP contribution in [0.5, 0.6) is 0 Å². The highest BCUT2D eigenvalue weighted by Crippen LogP contribution is 2.36. The largest absolute Gasteiger partial charge is 0.445 e. The van der Waals surface area contributed by atoms with Crippen LogP contribution in [0.1, 0.15) is 43.7 Å². The van der Waals surface area contributed by atoms with Crippen molar-refractivity contribution in [1.29, 1.82) is 0 Å². The van der Waals surface area contributed by atoms with Crippen LogP contribution in [0.2, 0.25) is 0 Å². The van der Waals surface area contributed by atoms with Crippen LogP contribution < -0.4 is 0 Å². The van der Waals surface area contributed by atoms with E-state index < -0.39 is 0 Å². The van der Waals surface area contributed by atoms with Gasteiger partial charge in [0.2, 0.25) is 0 Å². The second-order valence-electron chi connectivity index (χ2n) is 7.54. The number of benzene rings is 2. The average molecular weight is 367 g/mol. The molecule has 27 heavy (non-hydrogen) atoms. The highest BCUT2D eigenvalue weighted by Gasteiger charge is 2.39. The molecule has 0 bridgehead atoms. The molecule has 0 unspecified atom stereocenters. The third kappa shape index (κ3) is 5.10. The van der Waals surface area contributed by atoms with Crippen molar-refractivity contribution < 1.29 is 14.3 Å². The van der Waals surface area contributed by atoms with Gasteiger partial charge >= 0.3 is 6.09 Å². The second-order valence-corrected chi connectivity index (χ2v) is 7.54. The van der Waals surface area contributed by atoms with Crippen LogP contribution in [-0.2, 0) is 22.6 Å². The molecule has 0 radical (unpaired) electrons. The van der Waals surface area contributed by atoms with E-state index in [-0.39, 0.29) is 17.7 Å². The summed E-state index contributed by atoms with van der Waals surface area (Å²) in [5.74, 6) is 0. The highest BCUT2D eigenvalue weighted by atomic mass is 16.6. The van der Waals surface area contributed by atoms with Gasteiger partial charge in [-0.05, 0) is 43.7 Å². The molecular weight excluding hydrogens is 338 g/mol. The number of rotatable bonds is 6. The lowest BCUT2D eigenvalue weighted by Gasteiger charge is -2.45. The van der Waals surface area contributed by atoms with Gasteiger partial charge in [0.15, 0.2) is 0 Å². The standard InChI is InChI=1S/C23H29NO3/c1-23(15-13-21(26-2)14-16-23)24(17-19-9-5-3-6-10-19)22(25)27-18-20-11-7-4-8-12-20/h3-12,21H,13-18H2,1-2H3. The molecule has 1 amide bonds. The summed E-state index contributed by atoms with van der Waals surface area (Å²) in [6.45, 7) is 3.02. The Bertz CT molecular complexity index is 709. The predicted molar refractivity (Wildman–Crippen MR) is 106 cm³/mol. The SMILES string of the molecule is COC1CCC(C)(N(Cc2ccccc2)C(=O)OCc2ccccc2)CC1. The van der Waals surface area contributed by atoms with Crippen LogP contribution in [0.3, 0.4) is 0 Å². The summed E-state index contributed by atoms with van der Waals surface area (Å²) in [5, 5.41) is 0. The van der Waals surface area contributed by atoms with Crippen LogP contribution in [0.25, 0.3) is 0 Å². The zero-order chi connectivity index (χ0) is 19.1. The smallest absolute Gasteiger partial charge is 0.410 e. The van der Waals surface area contributed by atoms with Crippen molar-refractivity contribution in [1.82, 2.24) is 4.90 Å². The van der Waals surface area contributed by atoms with E-state index in [4.69, 9.17) is 9.47 Å². The molecule has 2 aromatic rings. The number of hydrogen-bond acceptors (Lipinski definition) is 3. The molecule has 4 nitrogen and oxygen atoms in total. The van der Waals surface area contributed by atoms with Crippen molar-refractivity contribution in [3.05, 3.63) is 71.8 Å². The Labute approximate surface area is 162 Å². The zero-order valence-corrected chi connectivity index (χ0v) is 16.3. The minimum absolute atomic E-state index is 0.224. The van der Waals surface area contributed by atoms with Gasteiger partial charge in [-0.25, -0.2) is 4.79 Å². The Morgan fingerprint density at radius 3 is 2.11 bits per heavy atom. The Kier molecular flexibility index (Phi) is 6.51. The fraction of sp³-hybridized carbons (Fsp3) is 0.435. The van der Waals surface area contributed by atoms with Crippen molar-refractivity contribution in [3.63, 3.8) is 0 Å². The maximum absolute atomic E-state index is 13.0. The van der Waals surface area contributed by atoms with Crippen molar-refractivity contribution in [3.8, 4) is 0 Å². The molecule has 144 valence electrons. The first-order valence-corrected chi connectivity index (χ1v) is 9.66. The third-order valence-electron chi connectivity index (χ3n) is 5.60. The summed E-state index contributed by atoms with van der Waals surface area (Å²) in [7, 11) is 1.77. The lowest BCUT2D eigenvalue weighted by atomic mass is 9.80. The van der Waals surface area contributed by atoms with Crippen LogP contribution in [0.15, 0.2) is 60.7 Å². The lowest BCUT2D eigenvalue weighted by Crippen LogP contribution is -2.52. The van der Waals surface area contributed by atoms with Crippen LogP contribution in [-0.4, -0.2) is 29.7 Å². The van der Waals surface area contributed by atoms with Gasteiger partial charge in [-0.15, -0.1) is 0 Å². The van der Waals surface area contributed by atoms with Crippen molar-refractivity contribution in [2.24, 2.45) is 0 Å². The molecule has 3 rings (SSSR count). The van der Waals surface area contributed by atoms with E-state index in [2.05, 4.69) is 19.1 Å². The molecule has 2 aromatic carbocycles. The van der Waals surface area contributed by atoms with Crippen LogP contribution in [0, 0.1) is 0 Å². The normalized spacial score (nSPS) is 22.2. The molecule has 0 atom stereocenters. The first-order chi connectivity index (χ1) is 13.1. The molecule has 0 aliphatic heterocycles. The topological polar surface area (TPSA) is 38.8 Å². The number of hydrogen-bond donors (Lipinski definition) is 0. The molecule has 0 spiro atoms. The van der Waals surface area contributed by atoms with Gasteiger partial charge in [-0.3, -0.25) is 4.90 Å². The average Bonchev–Trinajstić information content (AvgIpc) is 2.72.